The van der Waals surface area contributed by atoms with E-state index < -0.39 is 18.8 Å². The molecule has 146 valence electrons. The summed E-state index contributed by atoms with van der Waals surface area (Å²) >= 11 is -3.02. The van der Waals surface area contributed by atoms with Crippen LogP contribution in [0.5, 0.6) is 0 Å². The van der Waals surface area contributed by atoms with Crippen LogP contribution in [0, 0.1) is 5.92 Å². The van der Waals surface area contributed by atoms with Crippen LogP contribution in [-0.4, -0.2) is 25.4 Å². The topological polar surface area (TPSA) is 9.23 Å². The zero-order valence-corrected chi connectivity index (χ0v) is 20.0. The molecule has 0 heterocycles. The van der Waals surface area contributed by atoms with Gasteiger partial charge in [0.05, 0.1) is 0 Å². The molecule has 0 aromatic heterocycles. The average Bonchev–Trinajstić information content (AvgIpc) is 2.70. The van der Waals surface area contributed by atoms with Gasteiger partial charge in [0, 0.05) is 0 Å². The predicted octanol–water partition coefficient (Wildman–Crippen LogP) is 6.34. The first-order chi connectivity index (χ1) is 13.7. The summed E-state index contributed by atoms with van der Waals surface area (Å²) in [7, 11) is 0. The van der Waals surface area contributed by atoms with Gasteiger partial charge in [-0.15, -0.1) is 0 Å². The van der Waals surface area contributed by atoms with Crippen molar-refractivity contribution in [3.05, 3.63) is 108 Å². The van der Waals surface area contributed by atoms with E-state index in [4.69, 9.17) is 3.07 Å². The van der Waals surface area contributed by atoms with Crippen molar-refractivity contribution in [3.8, 4) is 0 Å². The van der Waals surface area contributed by atoms with Crippen molar-refractivity contribution in [3.63, 3.8) is 0 Å². The molecule has 28 heavy (non-hydrogen) atoms. The molecule has 0 radical (unpaired) electrons. The zero-order chi connectivity index (χ0) is 19.7. The summed E-state index contributed by atoms with van der Waals surface area (Å²) in [4.78, 5) is 0. The fraction of sp³-hybridized carbons (Fsp3) is 0.308. The molecular formula is C26H32OSn. The third kappa shape index (κ3) is 6.79. The number of hydrogen-bond donors (Lipinski definition) is 0. The fourth-order valence-electron chi connectivity index (χ4n) is 3.76. The molecule has 2 heteroatoms. The summed E-state index contributed by atoms with van der Waals surface area (Å²) < 4.78 is 10.3. The van der Waals surface area contributed by atoms with Crippen LogP contribution in [0.2, 0.25) is 0 Å². The van der Waals surface area contributed by atoms with Crippen LogP contribution in [0.4, 0.5) is 0 Å². The molecule has 0 fully saturated rings. The molecule has 0 N–H and O–H groups in total. The first-order valence-corrected chi connectivity index (χ1v) is 17.6. The minimum absolute atomic E-state index is 0.675. The summed E-state index contributed by atoms with van der Waals surface area (Å²) in [6, 6.07) is 32.9. The van der Waals surface area contributed by atoms with E-state index in [1.165, 1.54) is 16.7 Å². The van der Waals surface area contributed by atoms with Crippen molar-refractivity contribution in [1.82, 2.24) is 0 Å². The van der Waals surface area contributed by atoms with Crippen LogP contribution in [0.3, 0.4) is 0 Å². The third-order valence-electron chi connectivity index (χ3n) is 5.21. The van der Waals surface area contributed by atoms with Crippen molar-refractivity contribution in [2.24, 2.45) is 5.92 Å². The molecule has 0 aliphatic heterocycles. The van der Waals surface area contributed by atoms with Gasteiger partial charge in [-0.1, -0.05) is 0 Å². The van der Waals surface area contributed by atoms with E-state index in [-0.39, 0.29) is 0 Å². The van der Waals surface area contributed by atoms with Gasteiger partial charge < -0.3 is 0 Å². The maximum absolute atomic E-state index is 6.96. The van der Waals surface area contributed by atoms with Crippen molar-refractivity contribution in [2.75, 3.05) is 6.61 Å². The molecule has 3 aromatic rings. The van der Waals surface area contributed by atoms with Crippen LogP contribution in [0.15, 0.2) is 91.0 Å². The van der Waals surface area contributed by atoms with E-state index in [2.05, 4.69) is 105 Å². The molecule has 0 saturated heterocycles. The van der Waals surface area contributed by atoms with E-state index in [9.17, 15) is 0 Å². The second kappa shape index (κ2) is 10.8. The Labute approximate surface area is 175 Å². The van der Waals surface area contributed by atoms with Crippen molar-refractivity contribution in [2.45, 2.75) is 33.6 Å². The SMILES string of the molecule is CC(C)CC[O][Sn]([CH2]c1ccccc1)([CH2]c1ccccc1)[CH2]c1ccccc1. The summed E-state index contributed by atoms with van der Waals surface area (Å²) in [6.07, 6.45) is 1.14. The van der Waals surface area contributed by atoms with Gasteiger partial charge in [-0.05, 0) is 0 Å². The van der Waals surface area contributed by atoms with Gasteiger partial charge in [0.25, 0.3) is 0 Å². The molecule has 0 saturated carbocycles. The Morgan fingerprint density at radius 1 is 0.607 bits per heavy atom. The van der Waals surface area contributed by atoms with Gasteiger partial charge in [-0.2, -0.15) is 0 Å². The monoisotopic (exact) mass is 480 g/mol. The Kier molecular flexibility index (Phi) is 8.17. The fourth-order valence-corrected chi connectivity index (χ4v) is 15.7. The molecule has 0 aliphatic rings. The molecule has 0 spiro atoms. The van der Waals surface area contributed by atoms with Crippen LogP contribution >= 0.6 is 0 Å². The molecule has 0 bridgehead atoms. The van der Waals surface area contributed by atoms with E-state index in [0.717, 1.165) is 26.3 Å². The van der Waals surface area contributed by atoms with Gasteiger partial charge >= 0.3 is 176 Å². The van der Waals surface area contributed by atoms with Gasteiger partial charge in [0.1, 0.15) is 0 Å². The maximum atomic E-state index is 6.96. The molecule has 3 rings (SSSR count). The Hall–Kier alpha value is -1.58. The van der Waals surface area contributed by atoms with Crippen molar-refractivity contribution < 1.29 is 3.07 Å². The van der Waals surface area contributed by atoms with Crippen molar-refractivity contribution >= 4 is 18.8 Å². The Bertz CT molecular complexity index is 698. The molecule has 0 unspecified atom stereocenters. The van der Waals surface area contributed by atoms with Crippen LogP contribution in [0.25, 0.3) is 0 Å². The molecule has 0 amide bonds. The van der Waals surface area contributed by atoms with Crippen LogP contribution in [0.1, 0.15) is 37.0 Å². The standard InChI is InChI=1S/3C7H7.C5H11O.Sn/c3*1-7-5-3-2-4-6-7;1-5(2)3-4-6;/h3*2-6H,1H2;5H,3-4H2,1-2H3;/q;;;-1;+1. The second-order valence-corrected chi connectivity index (χ2v) is 18.8. The molecule has 0 atom stereocenters. The second-order valence-electron chi connectivity index (χ2n) is 8.20. The van der Waals surface area contributed by atoms with Crippen LogP contribution in [-0.2, 0) is 16.4 Å². The predicted molar refractivity (Wildman–Crippen MR) is 122 cm³/mol. The molecule has 3 aromatic carbocycles. The van der Waals surface area contributed by atoms with Gasteiger partial charge in [-0.25, -0.2) is 0 Å². The number of benzene rings is 3. The minimum atomic E-state index is -3.02. The van der Waals surface area contributed by atoms with Crippen LogP contribution < -0.4 is 0 Å². The van der Waals surface area contributed by atoms with Gasteiger partial charge in [0.2, 0.25) is 0 Å². The summed E-state index contributed by atoms with van der Waals surface area (Å²) in [5, 5.41) is 0. The quantitative estimate of drug-likeness (QED) is 0.309. The third-order valence-corrected chi connectivity index (χ3v) is 16.6. The van der Waals surface area contributed by atoms with E-state index in [0.29, 0.717) is 5.92 Å². The first kappa shape index (κ1) is 21.1. The van der Waals surface area contributed by atoms with Gasteiger partial charge in [0.15, 0.2) is 0 Å². The summed E-state index contributed by atoms with van der Waals surface area (Å²) in [5.74, 6) is 0.675. The Morgan fingerprint density at radius 3 is 1.29 bits per heavy atom. The van der Waals surface area contributed by atoms with Gasteiger partial charge in [-0.3, -0.25) is 0 Å². The number of hydrogen-bond acceptors (Lipinski definition) is 1. The molecule has 1 nitrogen and oxygen atoms in total. The summed E-state index contributed by atoms with van der Waals surface area (Å²) in [6.45, 7) is 5.46. The van der Waals surface area contributed by atoms with E-state index in [1.54, 1.807) is 0 Å². The Morgan fingerprint density at radius 2 is 0.964 bits per heavy atom. The van der Waals surface area contributed by atoms with E-state index >= 15 is 0 Å². The molecule has 0 aliphatic carbocycles. The average molecular weight is 479 g/mol. The van der Waals surface area contributed by atoms with Crippen molar-refractivity contribution in [1.29, 1.82) is 0 Å². The molecular weight excluding hydrogens is 447 g/mol. The summed E-state index contributed by atoms with van der Waals surface area (Å²) in [5.41, 5.74) is 4.28. The Balaban J connectivity index is 1.92. The number of rotatable bonds is 10. The normalized spacial score (nSPS) is 11.7. The zero-order valence-electron chi connectivity index (χ0n) is 17.2. The first-order valence-electron chi connectivity index (χ1n) is 10.4. The van der Waals surface area contributed by atoms with E-state index in [1.807, 2.05) is 0 Å².